The summed E-state index contributed by atoms with van der Waals surface area (Å²) >= 11 is 3.46. The number of carbonyl (C=O) groups excluding carboxylic acids is 1. The van der Waals surface area contributed by atoms with Crippen molar-refractivity contribution in [2.24, 2.45) is 0 Å². The van der Waals surface area contributed by atoms with E-state index in [2.05, 4.69) is 50.8 Å². The minimum Gasteiger partial charge on any atom is -0.392 e. The Labute approximate surface area is 133 Å². The number of aliphatic hydroxyl groups is 1. The van der Waals surface area contributed by atoms with Gasteiger partial charge >= 0.3 is 0 Å². The van der Waals surface area contributed by atoms with Crippen LogP contribution in [0.3, 0.4) is 0 Å². The van der Waals surface area contributed by atoms with Crippen LogP contribution in [0.5, 0.6) is 0 Å². The van der Waals surface area contributed by atoms with Crippen LogP contribution in [0.1, 0.15) is 31.2 Å². The third-order valence-electron chi connectivity index (χ3n) is 4.79. The number of halogens is 1. The fourth-order valence-corrected chi connectivity index (χ4v) is 3.54. The first-order valence-electron chi connectivity index (χ1n) is 7.54. The lowest BCUT2D eigenvalue weighted by Gasteiger charge is -2.42. The van der Waals surface area contributed by atoms with Gasteiger partial charge < -0.3 is 15.7 Å². The molecule has 1 saturated carbocycles. The Morgan fingerprint density at radius 1 is 1.38 bits per heavy atom. The summed E-state index contributed by atoms with van der Waals surface area (Å²) in [6.07, 6.45) is 3.57. The van der Waals surface area contributed by atoms with Gasteiger partial charge in [-0.1, -0.05) is 34.5 Å². The Balaban J connectivity index is 1.62. The molecule has 5 heteroatoms. The molecule has 3 N–H and O–H groups in total. The van der Waals surface area contributed by atoms with E-state index in [0.717, 1.165) is 17.3 Å². The predicted octanol–water partition coefficient (Wildman–Crippen LogP) is 1.71. The topological polar surface area (TPSA) is 61.4 Å². The molecule has 2 aliphatic rings. The maximum Gasteiger partial charge on any atom is 0.237 e. The summed E-state index contributed by atoms with van der Waals surface area (Å²) < 4.78 is 1.08. The second kappa shape index (κ2) is 6.07. The fourth-order valence-electron chi connectivity index (χ4n) is 3.27. The first kappa shape index (κ1) is 15.0. The lowest BCUT2D eigenvalue weighted by Crippen LogP contribution is -2.49. The zero-order valence-electron chi connectivity index (χ0n) is 11.9. The molecule has 1 aliphatic heterocycles. The SMILES string of the molecule is O=C(NCC1(c2ccc(Br)cc2)CCC1)[C@H]1C[C@H](O)CN1. The molecule has 3 rings (SSSR count). The summed E-state index contributed by atoms with van der Waals surface area (Å²) in [7, 11) is 0. The van der Waals surface area contributed by atoms with E-state index in [9.17, 15) is 9.90 Å². The minimum absolute atomic E-state index is 0.00920. The Bertz CT molecular complexity index is 514. The molecule has 0 aromatic heterocycles. The van der Waals surface area contributed by atoms with E-state index < -0.39 is 6.10 Å². The van der Waals surface area contributed by atoms with Crippen molar-refractivity contribution >= 4 is 21.8 Å². The number of benzene rings is 1. The highest BCUT2D eigenvalue weighted by Crippen LogP contribution is 2.43. The van der Waals surface area contributed by atoms with Gasteiger partial charge in [-0.2, -0.15) is 0 Å². The van der Waals surface area contributed by atoms with Gasteiger partial charge in [0, 0.05) is 23.0 Å². The molecule has 1 saturated heterocycles. The van der Waals surface area contributed by atoms with Crippen molar-refractivity contribution < 1.29 is 9.90 Å². The molecule has 114 valence electrons. The fraction of sp³-hybridized carbons (Fsp3) is 0.562. The Kier molecular flexibility index (Phi) is 4.33. The molecule has 0 spiro atoms. The van der Waals surface area contributed by atoms with Crippen LogP contribution in [0.2, 0.25) is 0 Å². The number of rotatable bonds is 4. The van der Waals surface area contributed by atoms with E-state index in [1.165, 1.54) is 12.0 Å². The van der Waals surface area contributed by atoms with Gasteiger partial charge in [-0.25, -0.2) is 0 Å². The predicted molar refractivity (Wildman–Crippen MR) is 85.1 cm³/mol. The maximum atomic E-state index is 12.2. The Morgan fingerprint density at radius 2 is 2.10 bits per heavy atom. The average Bonchev–Trinajstić information content (AvgIpc) is 2.86. The highest BCUT2D eigenvalue weighted by molar-refractivity contribution is 9.10. The summed E-state index contributed by atoms with van der Waals surface area (Å²) in [6.45, 7) is 1.19. The second-order valence-corrected chi connectivity index (χ2v) is 7.12. The van der Waals surface area contributed by atoms with E-state index in [1.54, 1.807) is 0 Å². The molecular weight excluding hydrogens is 332 g/mol. The molecular formula is C16H21BrN2O2. The van der Waals surface area contributed by atoms with E-state index in [-0.39, 0.29) is 17.4 Å². The third-order valence-corrected chi connectivity index (χ3v) is 5.32. The number of aliphatic hydroxyl groups excluding tert-OH is 1. The first-order valence-corrected chi connectivity index (χ1v) is 8.34. The molecule has 0 unspecified atom stereocenters. The lowest BCUT2D eigenvalue weighted by molar-refractivity contribution is -0.123. The molecule has 1 aromatic carbocycles. The van der Waals surface area contributed by atoms with Crippen molar-refractivity contribution in [2.45, 2.75) is 43.2 Å². The lowest BCUT2D eigenvalue weighted by atomic mass is 9.64. The van der Waals surface area contributed by atoms with E-state index in [4.69, 9.17) is 0 Å². The normalized spacial score (nSPS) is 27.1. The van der Waals surface area contributed by atoms with Crippen LogP contribution < -0.4 is 10.6 Å². The molecule has 4 nitrogen and oxygen atoms in total. The minimum atomic E-state index is -0.398. The summed E-state index contributed by atoms with van der Waals surface area (Å²) in [5, 5.41) is 15.6. The molecule has 1 aromatic rings. The van der Waals surface area contributed by atoms with Crippen molar-refractivity contribution in [1.29, 1.82) is 0 Å². The summed E-state index contributed by atoms with van der Waals surface area (Å²) in [6, 6.07) is 8.17. The third kappa shape index (κ3) is 3.15. The number of carbonyl (C=O) groups is 1. The van der Waals surface area contributed by atoms with E-state index in [1.807, 2.05) is 0 Å². The van der Waals surface area contributed by atoms with Gasteiger partial charge in [-0.3, -0.25) is 4.79 Å². The number of amides is 1. The van der Waals surface area contributed by atoms with Crippen LogP contribution in [0.15, 0.2) is 28.7 Å². The molecule has 2 fully saturated rings. The van der Waals surface area contributed by atoms with Crippen LogP contribution in [0, 0.1) is 0 Å². The Morgan fingerprint density at radius 3 is 2.62 bits per heavy atom. The average molecular weight is 353 g/mol. The standard InChI is InChI=1S/C16H21BrN2O2/c17-12-4-2-11(3-5-12)16(6-1-7-16)10-19-15(21)14-8-13(20)9-18-14/h2-5,13-14,18,20H,1,6-10H2,(H,19,21)/t13-,14+/m0/s1. The van der Waals surface area contributed by atoms with Crippen molar-refractivity contribution in [3.8, 4) is 0 Å². The molecule has 2 atom stereocenters. The number of β-amino-alcohol motifs (C(OH)–C–C–N with tert-alkyl or cyclic N) is 1. The molecule has 1 heterocycles. The maximum absolute atomic E-state index is 12.2. The second-order valence-electron chi connectivity index (χ2n) is 6.21. The summed E-state index contributed by atoms with van der Waals surface area (Å²) in [4.78, 5) is 12.2. The summed E-state index contributed by atoms with van der Waals surface area (Å²) in [5.74, 6) is 0.00920. The van der Waals surface area contributed by atoms with Crippen molar-refractivity contribution in [3.63, 3.8) is 0 Å². The smallest absolute Gasteiger partial charge is 0.237 e. The van der Waals surface area contributed by atoms with Crippen LogP contribution in [-0.4, -0.2) is 36.2 Å². The summed E-state index contributed by atoms with van der Waals surface area (Å²) in [5.41, 5.74) is 1.39. The van der Waals surface area contributed by atoms with Crippen molar-refractivity contribution in [3.05, 3.63) is 34.3 Å². The van der Waals surface area contributed by atoms with Gasteiger partial charge in [-0.15, -0.1) is 0 Å². The molecule has 1 aliphatic carbocycles. The van der Waals surface area contributed by atoms with Gasteiger partial charge in [0.05, 0.1) is 12.1 Å². The highest BCUT2D eigenvalue weighted by Gasteiger charge is 2.39. The van der Waals surface area contributed by atoms with Gasteiger partial charge in [0.25, 0.3) is 0 Å². The zero-order chi connectivity index (χ0) is 14.9. The highest BCUT2D eigenvalue weighted by atomic mass is 79.9. The first-order chi connectivity index (χ1) is 10.1. The quantitative estimate of drug-likeness (QED) is 0.772. The molecule has 21 heavy (non-hydrogen) atoms. The zero-order valence-corrected chi connectivity index (χ0v) is 13.5. The Hall–Kier alpha value is -0.910. The van der Waals surface area contributed by atoms with E-state index in [0.29, 0.717) is 19.5 Å². The molecule has 1 amide bonds. The molecule has 0 bridgehead atoms. The number of nitrogens with one attached hydrogen (secondary N) is 2. The van der Waals surface area contributed by atoms with Gasteiger partial charge in [-0.05, 0) is 37.0 Å². The van der Waals surface area contributed by atoms with Crippen LogP contribution in [-0.2, 0) is 10.2 Å². The van der Waals surface area contributed by atoms with Crippen LogP contribution in [0.4, 0.5) is 0 Å². The van der Waals surface area contributed by atoms with Crippen LogP contribution in [0.25, 0.3) is 0 Å². The largest absolute Gasteiger partial charge is 0.392 e. The van der Waals surface area contributed by atoms with Gasteiger partial charge in [0.2, 0.25) is 5.91 Å². The van der Waals surface area contributed by atoms with E-state index >= 15 is 0 Å². The number of hydrogen-bond donors (Lipinski definition) is 3. The number of hydrogen-bond acceptors (Lipinski definition) is 3. The van der Waals surface area contributed by atoms with Gasteiger partial charge in [0.15, 0.2) is 0 Å². The molecule has 0 radical (unpaired) electrons. The van der Waals surface area contributed by atoms with Crippen molar-refractivity contribution in [1.82, 2.24) is 10.6 Å². The van der Waals surface area contributed by atoms with Gasteiger partial charge in [0.1, 0.15) is 0 Å². The van der Waals surface area contributed by atoms with Crippen molar-refractivity contribution in [2.75, 3.05) is 13.1 Å². The monoisotopic (exact) mass is 352 g/mol. The van der Waals surface area contributed by atoms with Crippen LogP contribution >= 0.6 is 15.9 Å².